The van der Waals surface area contributed by atoms with Crippen LogP contribution in [0.2, 0.25) is 0 Å². The summed E-state index contributed by atoms with van der Waals surface area (Å²) in [4.78, 5) is 0.332. The number of rotatable bonds is 4. The largest absolute Gasteiger partial charge is 0.155 e. The zero-order valence-electron chi connectivity index (χ0n) is 14.5. The average Bonchev–Trinajstić information content (AvgIpc) is 2.71. The predicted octanol–water partition coefficient (Wildman–Crippen LogP) is 7.50. The Labute approximate surface area is 175 Å². The van der Waals surface area contributed by atoms with Gasteiger partial charge in [-0.3, -0.25) is 0 Å². The highest BCUT2D eigenvalue weighted by Crippen LogP contribution is 2.46. The first-order valence-electron chi connectivity index (χ1n) is 8.86. The highest BCUT2D eigenvalue weighted by Gasteiger charge is 2.39. The van der Waals surface area contributed by atoms with Gasteiger partial charge in [-0.2, -0.15) is 20.5 Å². The molecule has 4 rings (SSSR count). The van der Waals surface area contributed by atoms with Crippen molar-refractivity contribution in [3.63, 3.8) is 0 Å². The first-order chi connectivity index (χ1) is 13.2. The molecule has 0 radical (unpaired) electrons. The lowest BCUT2D eigenvalue weighted by Crippen LogP contribution is -2.33. The Kier molecular flexibility index (Phi) is 5.74. The van der Waals surface area contributed by atoms with Gasteiger partial charge in [0.15, 0.2) is 0 Å². The van der Waals surface area contributed by atoms with E-state index in [1.807, 2.05) is 60.7 Å². The minimum atomic E-state index is 0.166. The van der Waals surface area contributed by atoms with Crippen molar-refractivity contribution in [2.75, 3.05) is 0 Å². The van der Waals surface area contributed by atoms with E-state index in [9.17, 15) is 0 Å². The molecule has 27 heavy (non-hydrogen) atoms. The summed E-state index contributed by atoms with van der Waals surface area (Å²) in [6, 6.07) is 19.6. The zero-order chi connectivity index (χ0) is 18.6. The van der Waals surface area contributed by atoms with Gasteiger partial charge in [-0.05, 0) is 42.8 Å². The SMILES string of the molecule is Br[C@H]1C=C(N=Nc2ccccc2)[C@H]2C[C@@H]1C(N=Nc1ccccc1)=C[C@@H]2Br. The van der Waals surface area contributed by atoms with Crippen LogP contribution in [0, 0.1) is 11.8 Å². The van der Waals surface area contributed by atoms with Crippen molar-refractivity contribution >= 4 is 43.2 Å². The molecule has 0 spiro atoms. The second-order valence-corrected chi connectivity index (χ2v) is 8.71. The second kappa shape index (κ2) is 8.40. The van der Waals surface area contributed by atoms with Gasteiger partial charge in [0.2, 0.25) is 0 Å². The number of fused-ring (bicyclic) bond motifs is 2. The van der Waals surface area contributed by atoms with Gasteiger partial charge < -0.3 is 0 Å². The molecule has 0 heterocycles. The molecule has 4 atom stereocenters. The monoisotopic (exact) mass is 484 g/mol. The number of azo groups is 2. The Balaban J connectivity index is 1.54. The number of nitrogens with zero attached hydrogens (tertiary/aromatic N) is 4. The summed E-state index contributed by atoms with van der Waals surface area (Å²) in [5, 5.41) is 17.9. The molecule has 0 saturated heterocycles. The quantitative estimate of drug-likeness (QED) is 0.318. The lowest BCUT2D eigenvalue weighted by molar-refractivity contribution is 0.410. The number of alkyl halides is 2. The van der Waals surface area contributed by atoms with Gasteiger partial charge in [0.1, 0.15) is 0 Å². The molecule has 0 aromatic heterocycles. The molecule has 0 saturated carbocycles. The highest BCUT2D eigenvalue weighted by molar-refractivity contribution is 9.10. The summed E-state index contributed by atoms with van der Waals surface area (Å²) in [5.41, 5.74) is 3.74. The zero-order valence-corrected chi connectivity index (χ0v) is 17.7. The van der Waals surface area contributed by atoms with Gasteiger partial charge >= 0.3 is 0 Å². The lowest BCUT2D eigenvalue weighted by Gasteiger charge is -2.36. The lowest BCUT2D eigenvalue weighted by atomic mass is 9.76. The van der Waals surface area contributed by atoms with Gasteiger partial charge in [-0.1, -0.05) is 68.3 Å². The minimum absolute atomic E-state index is 0.166. The summed E-state index contributed by atoms with van der Waals surface area (Å²) >= 11 is 7.59. The molecule has 136 valence electrons. The molecule has 0 fully saturated rings. The van der Waals surface area contributed by atoms with Crippen molar-refractivity contribution in [2.24, 2.45) is 32.3 Å². The van der Waals surface area contributed by atoms with Crippen LogP contribution in [0.3, 0.4) is 0 Å². The Morgan fingerprint density at radius 2 is 1.00 bits per heavy atom. The maximum absolute atomic E-state index is 4.54. The fourth-order valence-corrected chi connectivity index (χ4v) is 4.86. The van der Waals surface area contributed by atoms with Crippen molar-refractivity contribution in [3.05, 3.63) is 84.2 Å². The minimum Gasteiger partial charge on any atom is -0.155 e. The van der Waals surface area contributed by atoms with Crippen LogP contribution in [0.1, 0.15) is 6.42 Å². The van der Waals surface area contributed by atoms with E-state index in [4.69, 9.17) is 0 Å². The van der Waals surface area contributed by atoms with E-state index in [1.54, 1.807) is 0 Å². The standard InChI is InChI=1S/C21H18Br2N4/c22-18-12-20(26-24-14-7-3-1-4-8-14)16-11-17(18)21(13-19(16)23)27-25-15-9-5-2-6-10-15/h1-10,12-13,16-19H,11H2/t16-,17-,18-,19-/m0/s1. The number of halogens is 2. The highest BCUT2D eigenvalue weighted by atomic mass is 79.9. The number of allylic oxidation sites excluding steroid dienone is 4. The summed E-state index contributed by atoms with van der Waals surface area (Å²) in [5.74, 6) is 0.568. The maximum atomic E-state index is 4.54. The molecular formula is C21H18Br2N4. The Morgan fingerprint density at radius 1 is 0.593 bits per heavy atom. The van der Waals surface area contributed by atoms with Gasteiger partial charge in [-0.15, -0.1) is 0 Å². The topological polar surface area (TPSA) is 49.4 Å². The van der Waals surface area contributed by atoms with Crippen LogP contribution in [-0.4, -0.2) is 9.65 Å². The van der Waals surface area contributed by atoms with Gasteiger partial charge in [-0.25, -0.2) is 0 Å². The Hall–Kier alpha value is -1.92. The molecule has 6 heteroatoms. The number of hydrogen-bond donors (Lipinski definition) is 0. The molecule has 0 unspecified atom stereocenters. The van der Waals surface area contributed by atoms with Gasteiger partial charge in [0.05, 0.1) is 22.8 Å². The van der Waals surface area contributed by atoms with Crippen LogP contribution in [-0.2, 0) is 0 Å². The molecule has 0 amide bonds. The first kappa shape index (κ1) is 18.4. The van der Waals surface area contributed by atoms with E-state index in [1.165, 1.54) is 0 Å². The Bertz CT molecular complexity index is 831. The number of hydrogen-bond acceptors (Lipinski definition) is 4. The third-order valence-corrected chi connectivity index (χ3v) is 6.58. The predicted molar refractivity (Wildman–Crippen MR) is 115 cm³/mol. The van der Waals surface area contributed by atoms with E-state index in [-0.39, 0.29) is 21.5 Å². The molecule has 0 N–H and O–H groups in total. The van der Waals surface area contributed by atoms with Gasteiger partial charge in [0, 0.05) is 21.5 Å². The van der Waals surface area contributed by atoms with Crippen LogP contribution in [0.4, 0.5) is 11.4 Å². The van der Waals surface area contributed by atoms with Crippen molar-refractivity contribution in [2.45, 2.75) is 16.1 Å². The molecule has 0 aliphatic heterocycles. The van der Waals surface area contributed by atoms with Crippen molar-refractivity contribution in [1.29, 1.82) is 0 Å². The number of benzene rings is 2. The van der Waals surface area contributed by atoms with E-state index < -0.39 is 0 Å². The van der Waals surface area contributed by atoms with Crippen LogP contribution in [0.15, 0.2) is 105 Å². The van der Waals surface area contributed by atoms with Crippen molar-refractivity contribution in [1.82, 2.24) is 0 Å². The van der Waals surface area contributed by atoms with Crippen LogP contribution in [0.5, 0.6) is 0 Å². The average molecular weight is 486 g/mol. The van der Waals surface area contributed by atoms with Crippen LogP contribution in [0.25, 0.3) is 0 Å². The molecular weight excluding hydrogens is 468 g/mol. The summed E-state index contributed by atoms with van der Waals surface area (Å²) in [6.07, 6.45) is 5.28. The molecule has 2 bridgehead atoms. The fraction of sp³-hybridized carbons (Fsp3) is 0.238. The summed E-state index contributed by atoms with van der Waals surface area (Å²) in [7, 11) is 0. The Morgan fingerprint density at radius 3 is 1.41 bits per heavy atom. The van der Waals surface area contributed by atoms with Crippen LogP contribution < -0.4 is 0 Å². The third kappa shape index (κ3) is 4.33. The first-order valence-corrected chi connectivity index (χ1v) is 10.7. The molecule has 2 aliphatic rings. The smallest absolute Gasteiger partial charge is 0.0856 e. The van der Waals surface area contributed by atoms with E-state index >= 15 is 0 Å². The fourth-order valence-electron chi connectivity index (χ4n) is 3.34. The molecule has 2 aromatic carbocycles. The van der Waals surface area contributed by atoms with E-state index in [2.05, 4.69) is 64.5 Å². The van der Waals surface area contributed by atoms with Crippen molar-refractivity contribution < 1.29 is 0 Å². The molecule has 4 nitrogen and oxygen atoms in total. The van der Waals surface area contributed by atoms with Crippen molar-refractivity contribution in [3.8, 4) is 0 Å². The second-order valence-electron chi connectivity index (χ2n) is 6.59. The normalized spacial score (nSPS) is 27.6. The third-order valence-electron chi connectivity index (χ3n) is 4.77. The molecule has 2 aromatic rings. The molecule has 2 aliphatic carbocycles. The maximum Gasteiger partial charge on any atom is 0.0856 e. The van der Waals surface area contributed by atoms with E-state index in [0.717, 1.165) is 29.2 Å². The van der Waals surface area contributed by atoms with E-state index in [0.29, 0.717) is 0 Å². The summed E-state index contributed by atoms with van der Waals surface area (Å²) < 4.78 is 0. The van der Waals surface area contributed by atoms with Gasteiger partial charge in [0.25, 0.3) is 0 Å². The van der Waals surface area contributed by atoms with Crippen LogP contribution >= 0.6 is 31.9 Å². The summed E-state index contributed by atoms with van der Waals surface area (Å²) in [6.45, 7) is 0.